The van der Waals surface area contributed by atoms with Crippen LogP contribution < -0.4 is 10.6 Å². The molecular formula is C28H32N2O5. The summed E-state index contributed by atoms with van der Waals surface area (Å²) in [7, 11) is 0. The van der Waals surface area contributed by atoms with Crippen molar-refractivity contribution < 1.29 is 24.2 Å². The molecule has 3 aliphatic carbocycles. The maximum absolute atomic E-state index is 12.8. The van der Waals surface area contributed by atoms with E-state index in [1.54, 1.807) is 0 Å². The molecule has 0 aliphatic heterocycles. The summed E-state index contributed by atoms with van der Waals surface area (Å²) in [6, 6.07) is 14.9. The van der Waals surface area contributed by atoms with Gasteiger partial charge < -0.3 is 20.5 Å². The third kappa shape index (κ3) is 4.90. The van der Waals surface area contributed by atoms with Gasteiger partial charge in [0.25, 0.3) is 0 Å². The number of carboxylic acids is 1. The topological polar surface area (TPSA) is 105 Å². The van der Waals surface area contributed by atoms with Crippen molar-refractivity contribution in [1.82, 2.24) is 10.6 Å². The van der Waals surface area contributed by atoms with Gasteiger partial charge in [0, 0.05) is 12.5 Å². The summed E-state index contributed by atoms with van der Waals surface area (Å²) < 4.78 is 5.51. The fourth-order valence-corrected chi connectivity index (χ4v) is 6.27. The van der Waals surface area contributed by atoms with Crippen LogP contribution in [0.2, 0.25) is 0 Å². The minimum atomic E-state index is -1.18. The Morgan fingerprint density at radius 3 is 2.29 bits per heavy atom. The molecule has 7 nitrogen and oxygen atoms in total. The summed E-state index contributed by atoms with van der Waals surface area (Å²) in [4.78, 5) is 36.7. The molecular weight excluding hydrogens is 444 g/mol. The number of carboxylic acid groups (broad SMARTS) is 1. The molecule has 2 aromatic rings. The lowest BCUT2D eigenvalue weighted by Crippen LogP contribution is -2.51. The number of rotatable bonds is 8. The van der Waals surface area contributed by atoms with Crippen LogP contribution >= 0.6 is 0 Å². The average Bonchev–Trinajstić information content (AvgIpc) is 3.16. The normalized spacial score (nSPS) is 23.1. The third-order valence-electron chi connectivity index (χ3n) is 8.05. The van der Waals surface area contributed by atoms with Gasteiger partial charge in [0.05, 0.1) is 6.42 Å². The lowest BCUT2D eigenvalue weighted by molar-refractivity contribution is -0.140. The molecule has 3 aliphatic rings. The van der Waals surface area contributed by atoms with Crippen molar-refractivity contribution in [2.45, 2.75) is 50.5 Å². The molecule has 0 heterocycles. The molecule has 0 aromatic heterocycles. The zero-order valence-corrected chi connectivity index (χ0v) is 19.7. The number of carbonyl (C=O) groups excluding carboxylic acids is 2. The van der Waals surface area contributed by atoms with E-state index in [0.717, 1.165) is 34.6 Å². The molecule has 3 N–H and O–H groups in total. The van der Waals surface area contributed by atoms with E-state index in [1.807, 2.05) is 36.4 Å². The number of carbonyl (C=O) groups is 3. The number of amides is 2. The fraction of sp³-hybridized carbons (Fsp3) is 0.464. The number of nitrogens with one attached hydrogen (secondary N) is 2. The largest absolute Gasteiger partial charge is 0.481 e. The van der Waals surface area contributed by atoms with Crippen molar-refractivity contribution in [3.8, 4) is 11.1 Å². The number of fused-ring (bicyclic) bond motifs is 4. The summed E-state index contributed by atoms with van der Waals surface area (Å²) in [5.41, 5.74) is 4.42. The highest BCUT2D eigenvalue weighted by Crippen LogP contribution is 2.49. The van der Waals surface area contributed by atoms with Crippen molar-refractivity contribution >= 4 is 18.0 Å². The molecule has 4 unspecified atom stereocenters. The number of hydrogen-bond donors (Lipinski definition) is 3. The quantitative estimate of drug-likeness (QED) is 0.527. The Kier molecular flexibility index (Phi) is 6.75. The highest BCUT2D eigenvalue weighted by atomic mass is 16.5. The highest BCUT2D eigenvalue weighted by molar-refractivity contribution is 5.89. The van der Waals surface area contributed by atoms with Crippen LogP contribution in [0.1, 0.15) is 55.6 Å². The minimum absolute atomic E-state index is 0.104. The molecule has 184 valence electrons. The maximum Gasteiger partial charge on any atom is 0.407 e. The van der Waals surface area contributed by atoms with Gasteiger partial charge >= 0.3 is 12.1 Å². The van der Waals surface area contributed by atoms with E-state index < -0.39 is 30.4 Å². The van der Waals surface area contributed by atoms with Crippen molar-refractivity contribution in [1.29, 1.82) is 0 Å². The van der Waals surface area contributed by atoms with Gasteiger partial charge in [0.1, 0.15) is 12.6 Å². The molecule has 7 heteroatoms. The van der Waals surface area contributed by atoms with Crippen LogP contribution in [0.4, 0.5) is 4.79 Å². The molecule has 2 amide bonds. The molecule has 5 rings (SSSR count). The van der Waals surface area contributed by atoms with Crippen LogP contribution in [0.25, 0.3) is 11.1 Å². The van der Waals surface area contributed by atoms with Crippen molar-refractivity contribution in [2.24, 2.45) is 17.8 Å². The summed E-state index contributed by atoms with van der Waals surface area (Å²) in [6.07, 6.45) is 4.87. The highest BCUT2D eigenvalue weighted by Gasteiger charge is 2.42. The van der Waals surface area contributed by atoms with E-state index in [-0.39, 0.29) is 12.5 Å². The maximum atomic E-state index is 12.8. The average molecular weight is 477 g/mol. The fourth-order valence-electron chi connectivity index (χ4n) is 6.27. The second kappa shape index (κ2) is 10.1. The van der Waals surface area contributed by atoms with Crippen molar-refractivity contribution in [2.75, 3.05) is 13.2 Å². The van der Waals surface area contributed by atoms with Gasteiger partial charge in [0.15, 0.2) is 0 Å². The molecule has 2 aromatic carbocycles. The minimum Gasteiger partial charge on any atom is -0.481 e. The van der Waals surface area contributed by atoms with E-state index >= 15 is 0 Å². The van der Waals surface area contributed by atoms with Gasteiger partial charge in [0.2, 0.25) is 5.91 Å². The summed E-state index contributed by atoms with van der Waals surface area (Å²) in [5.74, 6) is 0.155. The zero-order valence-electron chi connectivity index (χ0n) is 19.7. The van der Waals surface area contributed by atoms with Gasteiger partial charge in [-0.3, -0.25) is 9.59 Å². The molecule has 4 atom stereocenters. The lowest BCUT2D eigenvalue weighted by atomic mass is 9.58. The van der Waals surface area contributed by atoms with E-state index in [1.165, 1.54) is 25.7 Å². The Labute approximate surface area is 205 Å². The first kappa shape index (κ1) is 23.4. The second-order valence-electron chi connectivity index (χ2n) is 10.1. The van der Waals surface area contributed by atoms with Gasteiger partial charge in [-0.2, -0.15) is 0 Å². The Balaban J connectivity index is 1.17. The Bertz CT molecular complexity index is 1070. The standard InChI is InChI=1S/C28H32N2O5/c31-26(32)14-25(27(33)29-15-18-13-17-7-1-2-8-19(17)18)30-28(34)35-16-24-22-11-5-3-9-20(22)21-10-4-6-12-23(21)24/h3-6,9-12,17-19,24-25H,1-2,7-8,13-16H2,(H,29,33)(H,30,34)(H,31,32). The molecule has 0 radical (unpaired) electrons. The molecule has 2 saturated carbocycles. The second-order valence-corrected chi connectivity index (χ2v) is 10.1. The van der Waals surface area contributed by atoms with E-state index in [9.17, 15) is 19.5 Å². The smallest absolute Gasteiger partial charge is 0.407 e. The van der Waals surface area contributed by atoms with Crippen LogP contribution in [0.5, 0.6) is 0 Å². The van der Waals surface area contributed by atoms with Crippen LogP contribution in [-0.2, 0) is 14.3 Å². The lowest BCUT2D eigenvalue weighted by Gasteiger charge is -2.48. The Morgan fingerprint density at radius 1 is 0.971 bits per heavy atom. The summed E-state index contributed by atoms with van der Waals surface area (Å²) in [6.45, 7) is 0.634. The first-order valence-electron chi connectivity index (χ1n) is 12.6. The first-order chi connectivity index (χ1) is 17.0. The van der Waals surface area contributed by atoms with Crippen LogP contribution in [0.3, 0.4) is 0 Å². The molecule has 0 bridgehead atoms. The van der Waals surface area contributed by atoms with E-state index in [0.29, 0.717) is 18.4 Å². The van der Waals surface area contributed by atoms with E-state index in [4.69, 9.17) is 4.74 Å². The number of benzene rings is 2. The van der Waals surface area contributed by atoms with Crippen molar-refractivity contribution in [3.05, 3.63) is 59.7 Å². The van der Waals surface area contributed by atoms with Crippen LogP contribution in [0, 0.1) is 17.8 Å². The third-order valence-corrected chi connectivity index (χ3v) is 8.05. The van der Waals surface area contributed by atoms with Gasteiger partial charge in [-0.15, -0.1) is 0 Å². The Morgan fingerprint density at radius 2 is 1.63 bits per heavy atom. The predicted octanol–water partition coefficient (Wildman–Crippen LogP) is 4.31. The monoisotopic (exact) mass is 476 g/mol. The molecule has 2 fully saturated rings. The number of aliphatic carboxylic acids is 1. The number of alkyl carbamates (subject to hydrolysis) is 1. The summed E-state index contributed by atoms with van der Waals surface area (Å²) >= 11 is 0. The van der Waals surface area contributed by atoms with Gasteiger partial charge in [-0.25, -0.2) is 4.79 Å². The van der Waals surface area contributed by atoms with Crippen LogP contribution in [-0.4, -0.2) is 42.3 Å². The first-order valence-corrected chi connectivity index (χ1v) is 12.6. The van der Waals surface area contributed by atoms with Crippen LogP contribution in [0.15, 0.2) is 48.5 Å². The molecule has 0 spiro atoms. The molecule has 0 saturated heterocycles. The predicted molar refractivity (Wildman–Crippen MR) is 131 cm³/mol. The SMILES string of the molecule is O=C(O)CC(NC(=O)OCC1c2ccccc2-c2ccccc21)C(=O)NCC1CC2CCCCC21. The Hall–Kier alpha value is -3.35. The zero-order chi connectivity index (χ0) is 24.4. The number of ether oxygens (including phenoxy) is 1. The summed E-state index contributed by atoms with van der Waals surface area (Å²) in [5, 5.41) is 14.6. The molecule has 35 heavy (non-hydrogen) atoms. The van der Waals surface area contributed by atoms with Crippen molar-refractivity contribution in [3.63, 3.8) is 0 Å². The van der Waals surface area contributed by atoms with Gasteiger partial charge in [-0.05, 0) is 52.8 Å². The van der Waals surface area contributed by atoms with Gasteiger partial charge in [-0.1, -0.05) is 67.8 Å². The number of hydrogen-bond acceptors (Lipinski definition) is 4. The van der Waals surface area contributed by atoms with E-state index in [2.05, 4.69) is 22.8 Å².